The molecule has 0 bridgehead atoms. The first-order chi connectivity index (χ1) is 12.2. The average molecular weight is 357 g/mol. The quantitative estimate of drug-likeness (QED) is 0.716. The largest absolute Gasteiger partial charge is 0.370 e. The summed E-state index contributed by atoms with van der Waals surface area (Å²) in [5.41, 5.74) is 4.93. The molecule has 0 unspecified atom stereocenters. The lowest BCUT2D eigenvalue weighted by Crippen LogP contribution is -3.12. The first kappa shape index (κ1) is 17.9. The van der Waals surface area contributed by atoms with Crippen LogP contribution in [0.3, 0.4) is 0 Å². The summed E-state index contributed by atoms with van der Waals surface area (Å²) in [7, 11) is 0. The van der Waals surface area contributed by atoms with Crippen LogP contribution in [0.25, 0.3) is 0 Å². The molecule has 0 amide bonds. The summed E-state index contributed by atoms with van der Waals surface area (Å²) < 4.78 is 5.45. The Kier molecular flexibility index (Phi) is 6.39. The van der Waals surface area contributed by atoms with Gasteiger partial charge in [-0.15, -0.1) is 0 Å². The second-order valence-corrected chi connectivity index (χ2v) is 6.89. The minimum absolute atomic E-state index is 0.650. The van der Waals surface area contributed by atoms with E-state index in [1.807, 2.05) is 12.1 Å². The third kappa shape index (κ3) is 5.53. The van der Waals surface area contributed by atoms with Crippen LogP contribution in [0.2, 0.25) is 0 Å². The fourth-order valence-corrected chi connectivity index (χ4v) is 3.19. The molecule has 1 saturated heterocycles. The first-order valence-electron chi connectivity index (χ1n) is 8.80. The summed E-state index contributed by atoms with van der Waals surface area (Å²) in [6.07, 6.45) is 0. The predicted molar refractivity (Wildman–Crippen MR) is 106 cm³/mol. The third-order valence-corrected chi connectivity index (χ3v) is 4.75. The van der Waals surface area contributed by atoms with Crippen LogP contribution in [0.5, 0.6) is 0 Å². The van der Waals surface area contributed by atoms with E-state index in [2.05, 4.69) is 54.0 Å². The summed E-state index contributed by atoms with van der Waals surface area (Å²) >= 11 is 5.43. The molecule has 0 radical (unpaired) electrons. The SMILES string of the molecule is Cc1ccc(NC(=S)NCc2ccccc2C[NH+]2CCOCC2)cc1. The molecular weight excluding hydrogens is 330 g/mol. The van der Waals surface area contributed by atoms with Gasteiger partial charge in [-0.3, -0.25) is 0 Å². The smallest absolute Gasteiger partial charge is 0.171 e. The Hall–Kier alpha value is -1.95. The molecule has 25 heavy (non-hydrogen) atoms. The van der Waals surface area contributed by atoms with E-state index < -0.39 is 0 Å². The van der Waals surface area contributed by atoms with Gasteiger partial charge in [-0.25, -0.2) is 0 Å². The van der Waals surface area contributed by atoms with Crippen molar-refractivity contribution >= 4 is 23.0 Å². The number of quaternary nitrogens is 1. The number of ether oxygens (including phenoxy) is 1. The molecule has 0 aliphatic carbocycles. The Morgan fingerprint density at radius 2 is 1.72 bits per heavy atom. The van der Waals surface area contributed by atoms with Crippen molar-refractivity contribution in [1.29, 1.82) is 0 Å². The minimum Gasteiger partial charge on any atom is -0.370 e. The van der Waals surface area contributed by atoms with E-state index >= 15 is 0 Å². The highest BCUT2D eigenvalue weighted by atomic mass is 32.1. The van der Waals surface area contributed by atoms with Crippen molar-refractivity contribution in [3.8, 4) is 0 Å². The average Bonchev–Trinajstić information content (AvgIpc) is 2.64. The van der Waals surface area contributed by atoms with Gasteiger partial charge in [0.1, 0.15) is 19.6 Å². The zero-order valence-electron chi connectivity index (χ0n) is 14.7. The van der Waals surface area contributed by atoms with E-state index in [1.165, 1.54) is 16.7 Å². The minimum atomic E-state index is 0.650. The molecule has 4 nitrogen and oxygen atoms in total. The number of nitrogens with one attached hydrogen (secondary N) is 3. The van der Waals surface area contributed by atoms with E-state index in [4.69, 9.17) is 17.0 Å². The number of benzene rings is 2. The monoisotopic (exact) mass is 356 g/mol. The van der Waals surface area contributed by atoms with Gasteiger partial charge in [0.05, 0.1) is 13.2 Å². The third-order valence-electron chi connectivity index (χ3n) is 4.51. The molecule has 1 aliphatic heterocycles. The van der Waals surface area contributed by atoms with Crippen LogP contribution < -0.4 is 15.5 Å². The topological polar surface area (TPSA) is 37.7 Å². The van der Waals surface area contributed by atoms with Crippen molar-refractivity contribution in [3.05, 3.63) is 65.2 Å². The maximum atomic E-state index is 5.45. The van der Waals surface area contributed by atoms with Crippen LogP contribution >= 0.6 is 12.2 Å². The van der Waals surface area contributed by atoms with Crippen LogP contribution in [-0.2, 0) is 17.8 Å². The number of anilines is 1. The molecular formula is C20H26N3OS+. The van der Waals surface area contributed by atoms with Crippen LogP contribution in [-0.4, -0.2) is 31.4 Å². The molecule has 2 aromatic rings. The second kappa shape index (κ2) is 8.94. The Labute approximate surface area is 155 Å². The molecule has 3 rings (SSSR count). The normalized spacial score (nSPS) is 14.9. The van der Waals surface area contributed by atoms with Crippen molar-refractivity contribution in [2.45, 2.75) is 20.0 Å². The van der Waals surface area contributed by atoms with Gasteiger partial charge in [-0.1, -0.05) is 42.0 Å². The highest BCUT2D eigenvalue weighted by molar-refractivity contribution is 7.80. The first-order valence-corrected chi connectivity index (χ1v) is 9.21. The van der Waals surface area contributed by atoms with Crippen molar-refractivity contribution in [2.75, 3.05) is 31.6 Å². The zero-order valence-corrected chi connectivity index (χ0v) is 15.5. The number of hydrogen-bond donors (Lipinski definition) is 3. The van der Waals surface area contributed by atoms with Gasteiger partial charge >= 0.3 is 0 Å². The summed E-state index contributed by atoms with van der Waals surface area (Å²) in [6, 6.07) is 16.8. The molecule has 1 fully saturated rings. The van der Waals surface area contributed by atoms with E-state index in [0.717, 1.165) is 45.1 Å². The van der Waals surface area contributed by atoms with E-state index in [-0.39, 0.29) is 0 Å². The van der Waals surface area contributed by atoms with Gasteiger partial charge in [-0.05, 0) is 36.8 Å². The molecule has 132 valence electrons. The molecule has 2 aromatic carbocycles. The van der Waals surface area contributed by atoms with Gasteiger partial charge in [0, 0.05) is 17.8 Å². The second-order valence-electron chi connectivity index (χ2n) is 6.48. The molecule has 3 N–H and O–H groups in total. The summed E-state index contributed by atoms with van der Waals surface area (Å²) in [5, 5.41) is 7.22. The summed E-state index contributed by atoms with van der Waals surface area (Å²) in [5.74, 6) is 0. The molecule has 0 atom stereocenters. The summed E-state index contributed by atoms with van der Waals surface area (Å²) in [6.45, 7) is 7.73. The highest BCUT2D eigenvalue weighted by Gasteiger charge is 2.15. The molecule has 1 aliphatic rings. The van der Waals surface area contributed by atoms with Crippen LogP contribution in [0.4, 0.5) is 5.69 Å². The van der Waals surface area contributed by atoms with Gasteiger partial charge in [0.25, 0.3) is 0 Å². The van der Waals surface area contributed by atoms with Crippen molar-refractivity contribution in [1.82, 2.24) is 5.32 Å². The predicted octanol–water partition coefficient (Wildman–Crippen LogP) is 1.90. The van der Waals surface area contributed by atoms with Gasteiger partial charge < -0.3 is 20.3 Å². The fourth-order valence-electron chi connectivity index (χ4n) is 3.00. The van der Waals surface area contributed by atoms with Crippen LogP contribution in [0.1, 0.15) is 16.7 Å². The van der Waals surface area contributed by atoms with Gasteiger partial charge in [-0.2, -0.15) is 0 Å². The van der Waals surface area contributed by atoms with Crippen molar-refractivity contribution in [3.63, 3.8) is 0 Å². The number of hydrogen-bond acceptors (Lipinski definition) is 2. The number of rotatable bonds is 5. The number of aryl methyl sites for hydroxylation is 1. The molecule has 0 spiro atoms. The molecule has 5 heteroatoms. The standard InChI is InChI=1S/C20H25N3OS/c1-16-6-8-19(9-7-16)22-20(25)21-14-17-4-2-3-5-18(17)15-23-10-12-24-13-11-23/h2-9H,10-15H2,1H3,(H2,21,22,25)/p+1. The maximum absolute atomic E-state index is 5.45. The highest BCUT2D eigenvalue weighted by Crippen LogP contribution is 2.10. The van der Waals surface area contributed by atoms with Gasteiger partial charge in [0.15, 0.2) is 5.11 Å². The van der Waals surface area contributed by atoms with Crippen LogP contribution in [0.15, 0.2) is 48.5 Å². The van der Waals surface area contributed by atoms with Gasteiger partial charge in [0.2, 0.25) is 0 Å². The zero-order chi connectivity index (χ0) is 17.5. The molecule has 0 aromatic heterocycles. The van der Waals surface area contributed by atoms with Crippen molar-refractivity contribution < 1.29 is 9.64 Å². The lowest BCUT2D eigenvalue weighted by molar-refractivity contribution is -0.921. The molecule has 0 saturated carbocycles. The Morgan fingerprint density at radius 1 is 1.04 bits per heavy atom. The Bertz CT molecular complexity index is 696. The molecule has 1 heterocycles. The van der Waals surface area contributed by atoms with E-state index in [1.54, 1.807) is 4.90 Å². The fraction of sp³-hybridized carbons (Fsp3) is 0.350. The number of morpholine rings is 1. The van der Waals surface area contributed by atoms with E-state index in [0.29, 0.717) is 5.11 Å². The number of thiocarbonyl (C=S) groups is 1. The lowest BCUT2D eigenvalue weighted by atomic mass is 10.1. The van der Waals surface area contributed by atoms with Crippen molar-refractivity contribution in [2.24, 2.45) is 0 Å². The van der Waals surface area contributed by atoms with E-state index in [9.17, 15) is 0 Å². The Balaban J connectivity index is 1.55. The lowest BCUT2D eigenvalue weighted by Gasteiger charge is -2.24. The Morgan fingerprint density at radius 3 is 2.44 bits per heavy atom. The maximum Gasteiger partial charge on any atom is 0.171 e. The van der Waals surface area contributed by atoms with Crippen LogP contribution in [0, 0.1) is 6.92 Å². The summed E-state index contributed by atoms with van der Waals surface area (Å²) in [4.78, 5) is 1.58.